The lowest BCUT2D eigenvalue weighted by Crippen LogP contribution is -2.50. The van der Waals surface area contributed by atoms with Crippen molar-refractivity contribution in [1.29, 1.82) is 0 Å². The monoisotopic (exact) mass is 447 g/mol. The van der Waals surface area contributed by atoms with E-state index >= 15 is 0 Å². The number of fused-ring (bicyclic) bond motifs is 4. The van der Waals surface area contributed by atoms with Crippen LogP contribution in [0.3, 0.4) is 0 Å². The Hall–Kier alpha value is -3.00. The molecule has 1 atom stereocenters. The summed E-state index contributed by atoms with van der Waals surface area (Å²) in [6, 6.07) is 4.11. The van der Waals surface area contributed by atoms with Crippen LogP contribution in [0.4, 0.5) is 11.5 Å². The number of aliphatic imine (C=N–C) groups is 1. The topological polar surface area (TPSA) is 79.7 Å². The third-order valence-electron chi connectivity index (χ3n) is 7.01. The molecule has 0 unspecified atom stereocenters. The Morgan fingerprint density at radius 1 is 1.28 bits per heavy atom. The Bertz CT molecular complexity index is 1280. The van der Waals surface area contributed by atoms with E-state index in [4.69, 9.17) is 4.74 Å². The van der Waals surface area contributed by atoms with Crippen LogP contribution in [0.1, 0.15) is 41.3 Å². The molecule has 7 nitrogen and oxygen atoms in total. The first-order chi connectivity index (χ1) is 15.6. The predicted octanol–water partition coefficient (Wildman–Crippen LogP) is 4.10. The summed E-state index contributed by atoms with van der Waals surface area (Å²) in [6.07, 6.45) is 7.13. The van der Waals surface area contributed by atoms with Crippen molar-refractivity contribution in [3.05, 3.63) is 40.0 Å². The molecule has 1 aliphatic carbocycles. The lowest BCUT2D eigenvalue weighted by molar-refractivity contribution is -0.145. The van der Waals surface area contributed by atoms with E-state index in [0.717, 1.165) is 71.8 Å². The zero-order chi connectivity index (χ0) is 21.9. The van der Waals surface area contributed by atoms with E-state index in [2.05, 4.69) is 33.3 Å². The molecule has 32 heavy (non-hydrogen) atoms. The zero-order valence-corrected chi connectivity index (χ0v) is 19.1. The van der Waals surface area contributed by atoms with Gasteiger partial charge in [0.05, 0.1) is 30.1 Å². The fourth-order valence-corrected chi connectivity index (χ4v) is 6.37. The van der Waals surface area contributed by atoms with Crippen LogP contribution < -0.4 is 10.1 Å². The van der Waals surface area contributed by atoms with Gasteiger partial charge in [0.2, 0.25) is 5.91 Å². The van der Waals surface area contributed by atoms with Gasteiger partial charge < -0.3 is 15.0 Å². The van der Waals surface area contributed by atoms with Gasteiger partial charge in [-0.3, -0.25) is 9.79 Å². The van der Waals surface area contributed by atoms with Crippen molar-refractivity contribution >= 4 is 45.2 Å². The molecule has 1 N–H and O–H groups in total. The summed E-state index contributed by atoms with van der Waals surface area (Å²) in [5, 5.41) is 4.58. The molecule has 1 aromatic carbocycles. The van der Waals surface area contributed by atoms with E-state index in [0.29, 0.717) is 12.5 Å². The number of carbonyl (C=O) groups excluding carboxylic acids is 1. The van der Waals surface area contributed by atoms with E-state index in [1.807, 2.05) is 17.2 Å². The average molecular weight is 448 g/mol. The third-order valence-corrected chi connectivity index (χ3v) is 8.15. The minimum absolute atomic E-state index is 0.306. The minimum atomic E-state index is -0.322. The highest BCUT2D eigenvalue weighted by Crippen LogP contribution is 2.46. The van der Waals surface area contributed by atoms with E-state index in [1.165, 1.54) is 16.0 Å². The number of anilines is 2. The van der Waals surface area contributed by atoms with Crippen molar-refractivity contribution in [3.8, 4) is 5.75 Å². The number of thiophene rings is 1. The highest BCUT2D eigenvalue weighted by Gasteiger charge is 2.42. The Morgan fingerprint density at radius 3 is 2.94 bits per heavy atom. The summed E-state index contributed by atoms with van der Waals surface area (Å²) >= 11 is 1.70. The number of ether oxygens (including phenoxy) is 1. The van der Waals surface area contributed by atoms with Crippen molar-refractivity contribution in [2.75, 3.05) is 25.5 Å². The van der Waals surface area contributed by atoms with Crippen LogP contribution >= 0.6 is 11.3 Å². The molecule has 1 amide bonds. The number of rotatable bonds is 4. The van der Waals surface area contributed by atoms with Crippen LogP contribution in [-0.2, 0) is 24.2 Å². The predicted molar refractivity (Wildman–Crippen MR) is 126 cm³/mol. The Kier molecular flexibility index (Phi) is 4.47. The van der Waals surface area contributed by atoms with Gasteiger partial charge in [-0.1, -0.05) is 6.92 Å². The van der Waals surface area contributed by atoms with Crippen molar-refractivity contribution in [1.82, 2.24) is 14.9 Å². The number of nitrogens with zero attached hydrogens (tertiary/aromatic N) is 4. The molecule has 2 aliphatic heterocycles. The zero-order valence-electron chi connectivity index (χ0n) is 18.3. The van der Waals surface area contributed by atoms with Gasteiger partial charge in [0.1, 0.15) is 22.7 Å². The van der Waals surface area contributed by atoms with E-state index in [9.17, 15) is 4.79 Å². The number of amides is 1. The molecule has 0 spiro atoms. The highest BCUT2D eigenvalue weighted by molar-refractivity contribution is 7.19. The summed E-state index contributed by atoms with van der Waals surface area (Å²) in [4.78, 5) is 30.8. The second-order valence-electron chi connectivity index (χ2n) is 9.14. The fourth-order valence-electron chi connectivity index (χ4n) is 5.00. The number of aromatic nitrogens is 2. The number of nitrogens with one attached hydrogen (secondary N) is 1. The Morgan fingerprint density at radius 2 is 2.16 bits per heavy atom. The molecule has 8 heteroatoms. The molecule has 4 heterocycles. The van der Waals surface area contributed by atoms with Gasteiger partial charge in [0.25, 0.3) is 0 Å². The molecular formula is C24H25N5O2S. The number of likely N-dealkylation sites (tertiary alicyclic amines) is 1. The first-order valence-corrected chi connectivity index (χ1v) is 11.9. The van der Waals surface area contributed by atoms with Crippen molar-refractivity contribution in [2.45, 2.75) is 39.2 Å². The SMILES string of the molecule is COc1cc2c(cc1Nc1ncnc3sc4c(c13)CC[C@@](C)(C(=O)N1CCC1)C4)C=NC2. The van der Waals surface area contributed by atoms with Crippen LogP contribution in [0.25, 0.3) is 10.2 Å². The molecular weight excluding hydrogens is 422 g/mol. The second-order valence-corrected chi connectivity index (χ2v) is 10.2. The first-order valence-electron chi connectivity index (χ1n) is 11.1. The average Bonchev–Trinajstić information content (AvgIpc) is 3.35. The second kappa shape index (κ2) is 7.27. The summed E-state index contributed by atoms with van der Waals surface area (Å²) in [5.41, 5.74) is 4.10. The molecule has 0 radical (unpaired) electrons. The van der Waals surface area contributed by atoms with Gasteiger partial charge in [0.15, 0.2) is 0 Å². The van der Waals surface area contributed by atoms with Crippen LogP contribution in [0.15, 0.2) is 23.5 Å². The lowest BCUT2D eigenvalue weighted by atomic mass is 9.74. The number of aryl methyl sites for hydroxylation is 1. The van der Waals surface area contributed by atoms with Gasteiger partial charge in [-0.15, -0.1) is 11.3 Å². The molecule has 6 rings (SSSR count). The van der Waals surface area contributed by atoms with Crippen LogP contribution in [0.5, 0.6) is 5.75 Å². The molecule has 1 fully saturated rings. The highest BCUT2D eigenvalue weighted by atomic mass is 32.1. The molecule has 2 aromatic heterocycles. The quantitative estimate of drug-likeness (QED) is 0.651. The fraction of sp³-hybridized carbons (Fsp3) is 0.417. The van der Waals surface area contributed by atoms with Gasteiger partial charge in [0, 0.05) is 24.2 Å². The van der Waals surface area contributed by atoms with Gasteiger partial charge >= 0.3 is 0 Å². The normalized spacial score (nSPS) is 21.2. The summed E-state index contributed by atoms with van der Waals surface area (Å²) in [5.74, 6) is 1.87. The first kappa shape index (κ1) is 19.7. The number of methoxy groups -OCH3 is 1. The van der Waals surface area contributed by atoms with Gasteiger partial charge in [-0.05, 0) is 54.5 Å². The molecule has 164 valence electrons. The number of hydrogen-bond donors (Lipinski definition) is 1. The smallest absolute Gasteiger partial charge is 0.228 e. The summed E-state index contributed by atoms with van der Waals surface area (Å²) < 4.78 is 5.64. The molecule has 0 saturated carbocycles. The lowest BCUT2D eigenvalue weighted by Gasteiger charge is -2.41. The van der Waals surface area contributed by atoms with Crippen molar-refractivity contribution < 1.29 is 9.53 Å². The number of benzene rings is 1. The molecule has 1 saturated heterocycles. The summed E-state index contributed by atoms with van der Waals surface area (Å²) in [7, 11) is 1.68. The van der Waals surface area contributed by atoms with Crippen LogP contribution in [0, 0.1) is 5.41 Å². The molecule has 3 aromatic rings. The third kappa shape index (κ3) is 3.00. The minimum Gasteiger partial charge on any atom is -0.495 e. The maximum atomic E-state index is 13.1. The number of carbonyl (C=O) groups is 1. The largest absolute Gasteiger partial charge is 0.495 e. The van der Waals surface area contributed by atoms with Crippen molar-refractivity contribution in [3.63, 3.8) is 0 Å². The van der Waals surface area contributed by atoms with E-state index in [-0.39, 0.29) is 5.41 Å². The summed E-state index contributed by atoms with van der Waals surface area (Å²) in [6.45, 7) is 4.63. The maximum absolute atomic E-state index is 13.1. The van der Waals surface area contributed by atoms with E-state index < -0.39 is 0 Å². The molecule has 0 bridgehead atoms. The Balaban J connectivity index is 1.37. The van der Waals surface area contributed by atoms with Crippen molar-refractivity contribution in [2.24, 2.45) is 10.4 Å². The van der Waals surface area contributed by atoms with Crippen LogP contribution in [0.2, 0.25) is 0 Å². The Labute approximate surface area is 190 Å². The van der Waals surface area contributed by atoms with Gasteiger partial charge in [-0.25, -0.2) is 9.97 Å². The number of hydrogen-bond acceptors (Lipinski definition) is 7. The van der Waals surface area contributed by atoms with E-state index in [1.54, 1.807) is 24.8 Å². The molecule has 3 aliphatic rings. The van der Waals surface area contributed by atoms with Gasteiger partial charge in [-0.2, -0.15) is 0 Å². The standard InChI is InChI=1S/C24H25N5O2S/c1-24(23(30)29-6-3-7-29)5-4-16-19(10-24)32-22-20(16)21(26-13-27-22)28-17-8-14-11-25-12-15(14)9-18(17)31-2/h8-9,11,13H,3-7,10,12H2,1-2H3,(H,26,27,28)/t24-/m1/s1. The van der Waals surface area contributed by atoms with Crippen LogP contribution in [-0.4, -0.2) is 47.2 Å². The maximum Gasteiger partial charge on any atom is 0.228 e.